The van der Waals surface area contributed by atoms with Gasteiger partial charge in [0.25, 0.3) is 0 Å². The van der Waals surface area contributed by atoms with Crippen molar-refractivity contribution in [3.8, 4) is 34.2 Å². The van der Waals surface area contributed by atoms with E-state index in [1.54, 1.807) is 39.8 Å². The zero-order valence-corrected chi connectivity index (χ0v) is 21.4. The van der Waals surface area contributed by atoms with Gasteiger partial charge in [-0.2, -0.15) is 15.5 Å². The number of nitriles is 1. The molecule has 1 aromatic carbocycles. The minimum absolute atomic E-state index is 0.0104. The first-order chi connectivity index (χ1) is 19.0. The summed E-state index contributed by atoms with van der Waals surface area (Å²) >= 11 is 0. The van der Waals surface area contributed by atoms with Gasteiger partial charge >= 0.3 is 0 Å². The molecule has 0 bridgehead atoms. The second kappa shape index (κ2) is 9.95. The number of phenolic OH excluding ortho intramolecular Hbond substituents is 1. The molecule has 0 unspecified atom stereocenters. The Bertz CT molecular complexity index is 1710. The van der Waals surface area contributed by atoms with Gasteiger partial charge in [0.2, 0.25) is 5.91 Å². The molecule has 1 fully saturated rings. The summed E-state index contributed by atoms with van der Waals surface area (Å²) in [5, 5.41) is 28.3. The van der Waals surface area contributed by atoms with E-state index < -0.39 is 0 Å². The van der Waals surface area contributed by atoms with Gasteiger partial charge in [-0.05, 0) is 24.3 Å². The van der Waals surface area contributed by atoms with Gasteiger partial charge < -0.3 is 14.9 Å². The highest BCUT2D eigenvalue weighted by molar-refractivity contribution is 5.86. The summed E-state index contributed by atoms with van der Waals surface area (Å²) in [7, 11) is 1.87. The molecule has 6 rings (SSSR count). The molecule has 0 saturated carbocycles. The molecule has 0 aliphatic carbocycles. The van der Waals surface area contributed by atoms with Crippen LogP contribution in [0.1, 0.15) is 11.1 Å². The van der Waals surface area contributed by atoms with Gasteiger partial charge in [-0.1, -0.05) is 18.2 Å². The number of fused-ring (bicyclic) bond motifs is 1. The topological polar surface area (TPSA) is 116 Å². The van der Waals surface area contributed by atoms with E-state index in [0.29, 0.717) is 42.8 Å². The Morgan fingerprint density at radius 1 is 1.00 bits per heavy atom. The van der Waals surface area contributed by atoms with Crippen LogP contribution in [0.25, 0.3) is 27.9 Å². The molecular weight excluding hydrogens is 492 g/mol. The van der Waals surface area contributed by atoms with Gasteiger partial charge in [-0.25, -0.2) is 4.52 Å². The Kier molecular flexibility index (Phi) is 6.17. The normalized spacial score (nSPS) is 13.5. The molecule has 0 atom stereocenters. The number of piperazine rings is 1. The van der Waals surface area contributed by atoms with Crippen LogP contribution in [0.4, 0.5) is 5.69 Å². The standard InChI is InChI=1S/C29H26N8O2/c1-34-18-23(16-32-34)21-12-25(29-22(14-30)15-33-37(29)19-21)26-7-6-24(17-31-26)35-8-10-36(11-9-35)28(39)13-20-4-2-3-5-27(20)38/h2-7,12,15-19,38H,8-11,13H2,1H3. The van der Waals surface area contributed by atoms with Gasteiger partial charge in [0, 0.05) is 67.9 Å². The molecule has 5 heterocycles. The van der Waals surface area contributed by atoms with Crippen LogP contribution < -0.4 is 4.90 Å². The Morgan fingerprint density at radius 3 is 2.51 bits per heavy atom. The molecular formula is C29H26N8O2. The van der Waals surface area contributed by atoms with E-state index in [4.69, 9.17) is 4.98 Å². The summed E-state index contributed by atoms with van der Waals surface area (Å²) in [6.45, 7) is 2.58. The molecule has 10 heteroatoms. The maximum Gasteiger partial charge on any atom is 0.227 e. The van der Waals surface area contributed by atoms with Crippen molar-refractivity contribution < 1.29 is 9.90 Å². The predicted molar refractivity (Wildman–Crippen MR) is 146 cm³/mol. The smallest absolute Gasteiger partial charge is 0.227 e. The van der Waals surface area contributed by atoms with Crippen LogP contribution >= 0.6 is 0 Å². The van der Waals surface area contributed by atoms with Crippen LogP contribution in [0, 0.1) is 11.3 Å². The number of carbonyl (C=O) groups excluding carboxylic acids is 1. The van der Waals surface area contributed by atoms with E-state index in [1.807, 2.05) is 54.8 Å². The summed E-state index contributed by atoms with van der Waals surface area (Å²) in [5.74, 6) is 0.160. The van der Waals surface area contributed by atoms with Gasteiger partial charge in [-0.15, -0.1) is 0 Å². The monoisotopic (exact) mass is 518 g/mol. The van der Waals surface area contributed by atoms with Crippen LogP contribution in [0.2, 0.25) is 0 Å². The number of para-hydroxylation sites is 1. The second-order valence-electron chi connectivity index (χ2n) is 9.58. The summed E-state index contributed by atoms with van der Waals surface area (Å²) in [4.78, 5) is 21.6. The number of phenols is 1. The highest BCUT2D eigenvalue weighted by atomic mass is 16.3. The minimum atomic E-state index is 0.0104. The number of carbonyl (C=O) groups is 1. The molecule has 1 aliphatic heterocycles. The summed E-state index contributed by atoms with van der Waals surface area (Å²) in [6.07, 6.45) is 9.22. The van der Waals surface area contributed by atoms with Gasteiger partial charge in [0.05, 0.1) is 47.5 Å². The van der Waals surface area contributed by atoms with Crippen molar-refractivity contribution >= 4 is 17.1 Å². The SMILES string of the molecule is Cn1cc(-c2cc(-c3ccc(N4CCN(C(=O)Cc5ccccc5O)CC4)cn3)c3c(C#N)cnn3c2)cn1. The molecule has 1 amide bonds. The third-order valence-corrected chi connectivity index (χ3v) is 7.13. The van der Waals surface area contributed by atoms with Crippen LogP contribution in [-0.2, 0) is 18.3 Å². The molecule has 1 saturated heterocycles. The number of hydrogen-bond acceptors (Lipinski definition) is 7. The lowest BCUT2D eigenvalue weighted by Gasteiger charge is -2.36. The molecule has 0 spiro atoms. The Balaban J connectivity index is 1.21. The Morgan fingerprint density at radius 2 is 1.82 bits per heavy atom. The fourth-order valence-electron chi connectivity index (χ4n) is 5.01. The number of benzene rings is 1. The number of amides is 1. The predicted octanol–water partition coefficient (Wildman–Crippen LogP) is 3.27. The average molecular weight is 519 g/mol. The third kappa shape index (κ3) is 4.66. The van der Waals surface area contributed by atoms with Crippen LogP contribution in [-0.4, -0.2) is 66.5 Å². The van der Waals surface area contributed by atoms with Crippen molar-refractivity contribution in [1.29, 1.82) is 5.26 Å². The first-order valence-electron chi connectivity index (χ1n) is 12.7. The van der Waals surface area contributed by atoms with E-state index in [0.717, 1.165) is 28.1 Å². The van der Waals surface area contributed by atoms with Crippen LogP contribution in [0.5, 0.6) is 5.75 Å². The summed E-state index contributed by atoms with van der Waals surface area (Å²) < 4.78 is 3.46. The first-order valence-corrected chi connectivity index (χ1v) is 12.7. The highest BCUT2D eigenvalue weighted by Crippen LogP contribution is 2.32. The van der Waals surface area contributed by atoms with E-state index in [1.165, 1.54) is 0 Å². The number of pyridine rings is 2. The Hall–Kier alpha value is -5.17. The molecule has 1 aliphatic rings. The summed E-state index contributed by atoms with van der Waals surface area (Å²) in [6, 6.07) is 15.2. The molecule has 5 aromatic rings. The molecule has 39 heavy (non-hydrogen) atoms. The van der Waals surface area contributed by atoms with Crippen molar-refractivity contribution in [3.63, 3.8) is 0 Å². The van der Waals surface area contributed by atoms with Crippen molar-refractivity contribution in [2.24, 2.45) is 7.05 Å². The van der Waals surface area contributed by atoms with Gasteiger partial charge in [0.15, 0.2) is 0 Å². The first kappa shape index (κ1) is 24.2. The average Bonchev–Trinajstić information content (AvgIpc) is 3.60. The molecule has 10 nitrogen and oxygen atoms in total. The lowest BCUT2D eigenvalue weighted by molar-refractivity contribution is -0.130. The number of hydrogen-bond donors (Lipinski definition) is 1. The molecule has 1 N–H and O–H groups in total. The zero-order chi connectivity index (χ0) is 26.9. The maximum absolute atomic E-state index is 12.8. The highest BCUT2D eigenvalue weighted by Gasteiger charge is 2.23. The minimum Gasteiger partial charge on any atom is -0.508 e. The van der Waals surface area contributed by atoms with E-state index in [9.17, 15) is 15.2 Å². The fraction of sp³-hybridized carbons (Fsp3) is 0.207. The van der Waals surface area contributed by atoms with E-state index in [-0.39, 0.29) is 18.1 Å². The number of aryl methyl sites for hydroxylation is 1. The number of aromatic nitrogens is 5. The zero-order valence-electron chi connectivity index (χ0n) is 21.4. The molecule has 4 aromatic heterocycles. The van der Waals surface area contributed by atoms with Gasteiger partial charge in [0.1, 0.15) is 11.8 Å². The molecule has 194 valence electrons. The Labute approximate surface area is 225 Å². The fourth-order valence-corrected chi connectivity index (χ4v) is 5.01. The second-order valence-corrected chi connectivity index (χ2v) is 9.58. The van der Waals surface area contributed by atoms with Crippen LogP contribution in [0.15, 0.2) is 73.4 Å². The van der Waals surface area contributed by atoms with Crippen molar-refractivity contribution in [2.45, 2.75) is 6.42 Å². The summed E-state index contributed by atoms with van der Waals surface area (Å²) in [5.41, 5.74) is 6.23. The van der Waals surface area contributed by atoms with Gasteiger partial charge in [-0.3, -0.25) is 14.5 Å². The number of rotatable bonds is 5. The lowest BCUT2D eigenvalue weighted by atomic mass is 10.0. The van der Waals surface area contributed by atoms with Crippen molar-refractivity contribution in [2.75, 3.05) is 31.1 Å². The van der Waals surface area contributed by atoms with E-state index >= 15 is 0 Å². The lowest BCUT2D eigenvalue weighted by Crippen LogP contribution is -2.49. The third-order valence-electron chi connectivity index (χ3n) is 7.13. The number of anilines is 1. The number of aromatic hydroxyl groups is 1. The van der Waals surface area contributed by atoms with Crippen molar-refractivity contribution in [3.05, 3.63) is 84.6 Å². The largest absolute Gasteiger partial charge is 0.508 e. The van der Waals surface area contributed by atoms with Crippen molar-refractivity contribution in [1.82, 2.24) is 29.3 Å². The van der Waals surface area contributed by atoms with Crippen LogP contribution in [0.3, 0.4) is 0 Å². The maximum atomic E-state index is 12.8. The number of nitrogens with zero attached hydrogens (tertiary/aromatic N) is 8. The quantitative estimate of drug-likeness (QED) is 0.380. The van der Waals surface area contributed by atoms with E-state index in [2.05, 4.69) is 21.2 Å². The molecule has 0 radical (unpaired) electrons.